The number of hydrogen-bond donors (Lipinski definition) is 1. The van der Waals surface area contributed by atoms with Crippen LogP contribution in [0, 0.1) is 0 Å². The molecule has 0 amide bonds. The van der Waals surface area contributed by atoms with E-state index in [2.05, 4.69) is 27.5 Å². The van der Waals surface area contributed by atoms with Gasteiger partial charge in [0.2, 0.25) is 0 Å². The van der Waals surface area contributed by atoms with E-state index in [0.29, 0.717) is 0 Å². The zero-order valence-corrected chi connectivity index (χ0v) is 10.4. The molecule has 2 heterocycles. The molecule has 0 unspecified atom stereocenters. The van der Waals surface area contributed by atoms with Crippen molar-refractivity contribution in [3.8, 4) is 0 Å². The standard InChI is InChI=1S/C10H15N3S.ClH/c1-14-9-3-2-4-12-10(9)13-7-5-11-6-8-13;/h2-4,11H,5-8H2,1H3;1H. The molecule has 0 radical (unpaired) electrons. The summed E-state index contributed by atoms with van der Waals surface area (Å²) in [6.45, 7) is 4.24. The van der Waals surface area contributed by atoms with Crippen LogP contribution >= 0.6 is 24.2 Å². The Kier molecular flexibility index (Phi) is 5.22. The minimum atomic E-state index is 0. The molecule has 15 heavy (non-hydrogen) atoms. The summed E-state index contributed by atoms with van der Waals surface area (Å²) < 4.78 is 0. The molecule has 1 aromatic heterocycles. The van der Waals surface area contributed by atoms with Crippen molar-refractivity contribution in [1.29, 1.82) is 0 Å². The van der Waals surface area contributed by atoms with Gasteiger partial charge in [-0.15, -0.1) is 24.2 Å². The molecule has 0 aliphatic carbocycles. The van der Waals surface area contributed by atoms with Crippen LogP contribution in [0.2, 0.25) is 0 Å². The highest BCUT2D eigenvalue weighted by Crippen LogP contribution is 2.25. The number of thioether (sulfide) groups is 1. The van der Waals surface area contributed by atoms with Crippen molar-refractivity contribution in [3.63, 3.8) is 0 Å². The molecule has 3 nitrogen and oxygen atoms in total. The number of aromatic nitrogens is 1. The number of pyridine rings is 1. The largest absolute Gasteiger partial charge is 0.353 e. The summed E-state index contributed by atoms with van der Waals surface area (Å²) in [4.78, 5) is 8.07. The number of halogens is 1. The van der Waals surface area contributed by atoms with Crippen LogP contribution < -0.4 is 10.2 Å². The first kappa shape index (κ1) is 12.6. The lowest BCUT2D eigenvalue weighted by atomic mass is 10.3. The van der Waals surface area contributed by atoms with Crippen LogP contribution in [0.1, 0.15) is 0 Å². The first-order chi connectivity index (χ1) is 6.92. The highest BCUT2D eigenvalue weighted by Gasteiger charge is 2.14. The Morgan fingerprint density at radius 2 is 2.13 bits per heavy atom. The molecule has 1 aliphatic heterocycles. The second-order valence-corrected chi connectivity index (χ2v) is 4.11. The lowest BCUT2D eigenvalue weighted by Gasteiger charge is -2.29. The van der Waals surface area contributed by atoms with E-state index in [9.17, 15) is 0 Å². The third kappa shape index (κ3) is 3.00. The van der Waals surface area contributed by atoms with Crippen molar-refractivity contribution in [1.82, 2.24) is 10.3 Å². The Hall–Kier alpha value is -0.450. The summed E-state index contributed by atoms with van der Waals surface area (Å²) in [6.07, 6.45) is 3.97. The van der Waals surface area contributed by atoms with Crippen LogP contribution in [0.25, 0.3) is 0 Å². The van der Waals surface area contributed by atoms with Gasteiger partial charge in [0.25, 0.3) is 0 Å². The molecule has 1 aliphatic rings. The summed E-state index contributed by atoms with van der Waals surface area (Å²) in [5.74, 6) is 1.14. The second-order valence-electron chi connectivity index (χ2n) is 3.27. The molecule has 0 saturated carbocycles. The molecule has 0 bridgehead atoms. The molecule has 2 rings (SSSR count). The van der Waals surface area contributed by atoms with Crippen molar-refractivity contribution in [2.24, 2.45) is 0 Å². The molecule has 1 saturated heterocycles. The van der Waals surface area contributed by atoms with Gasteiger partial charge in [-0.1, -0.05) is 0 Å². The third-order valence-electron chi connectivity index (χ3n) is 2.39. The molecule has 0 spiro atoms. The van der Waals surface area contributed by atoms with E-state index >= 15 is 0 Å². The molecule has 1 N–H and O–H groups in total. The fraction of sp³-hybridized carbons (Fsp3) is 0.500. The van der Waals surface area contributed by atoms with Crippen molar-refractivity contribution >= 4 is 30.0 Å². The first-order valence-electron chi connectivity index (χ1n) is 4.86. The van der Waals surface area contributed by atoms with Gasteiger partial charge in [0, 0.05) is 37.3 Å². The van der Waals surface area contributed by atoms with Crippen LogP contribution in [-0.4, -0.2) is 37.4 Å². The van der Waals surface area contributed by atoms with Gasteiger partial charge in [-0.2, -0.15) is 0 Å². The van der Waals surface area contributed by atoms with Crippen molar-refractivity contribution in [2.45, 2.75) is 4.90 Å². The maximum atomic E-state index is 4.45. The Morgan fingerprint density at radius 1 is 1.40 bits per heavy atom. The summed E-state index contributed by atoms with van der Waals surface area (Å²) in [6, 6.07) is 4.13. The SMILES string of the molecule is CSc1cccnc1N1CCNCC1.Cl. The van der Waals surface area contributed by atoms with Gasteiger partial charge >= 0.3 is 0 Å². The Bertz CT molecular complexity index is 302. The molecule has 1 fully saturated rings. The van der Waals surface area contributed by atoms with Gasteiger partial charge in [-0.05, 0) is 18.4 Å². The number of rotatable bonds is 2. The summed E-state index contributed by atoms with van der Waals surface area (Å²) >= 11 is 1.76. The van der Waals surface area contributed by atoms with E-state index in [1.54, 1.807) is 11.8 Å². The van der Waals surface area contributed by atoms with Crippen molar-refractivity contribution in [3.05, 3.63) is 18.3 Å². The molecule has 1 aromatic rings. The number of nitrogens with zero attached hydrogens (tertiary/aromatic N) is 2. The topological polar surface area (TPSA) is 28.2 Å². The van der Waals surface area contributed by atoms with Gasteiger partial charge in [0.15, 0.2) is 0 Å². The summed E-state index contributed by atoms with van der Waals surface area (Å²) in [5, 5.41) is 3.35. The molecular formula is C10H16ClN3S. The fourth-order valence-corrected chi connectivity index (χ4v) is 2.23. The quantitative estimate of drug-likeness (QED) is 0.802. The Balaban J connectivity index is 0.00000112. The number of nitrogens with one attached hydrogen (secondary N) is 1. The minimum absolute atomic E-state index is 0. The average Bonchev–Trinajstić information content (AvgIpc) is 2.30. The molecule has 84 valence electrons. The van der Waals surface area contributed by atoms with Crippen molar-refractivity contribution in [2.75, 3.05) is 37.3 Å². The smallest absolute Gasteiger partial charge is 0.142 e. The molecule has 0 aromatic carbocycles. The highest BCUT2D eigenvalue weighted by atomic mass is 35.5. The van der Waals surface area contributed by atoms with Crippen LogP contribution in [0.3, 0.4) is 0 Å². The van der Waals surface area contributed by atoms with E-state index in [1.165, 1.54) is 4.90 Å². The monoisotopic (exact) mass is 245 g/mol. The zero-order chi connectivity index (χ0) is 9.80. The lowest BCUT2D eigenvalue weighted by molar-refractivity contribution is 0.582. The van der Waals surface area contributed by atoms with Crippen LogP contribution in [0.5, 0.6) is 0 Å². The second kappa shape index (κ2) is 6.20. The molecular weight excluding hydrogens is 230 g/mol. The van der Waals surface area contributed by atoms with Crippen LogP contribution in [0.4, 0.5) is 5.82 Å². The molecule has 5 heteroatoms. The number of anilines is 1. The number of piperazine rings is 1. The summed E-state index contributed by atoms with van der Waals surface area (Å²) in [7, 11) is 0. The van der Waals surface area contributed by atoms with Gasteiger partial charge < -0.3 is 10.2 Å². The van der Waals surface area contributed by atoms with Crippen molar-refractivity contribution < 1.29 is 0 Å². The van der Waals surface area contributed by atoms with E-state index in [4.69, 9.17) is 0 Å². The zero-order valence-electron chi connectivity index (χ0n) is 8.77. The van der Waals surface area contributed by atoms with E-state index in [0.717, 1.165) is 32.0 Å². The van der Waals surface area contributed by atoms with Gasteiger partial charge in [0.05, 0.1) is 0 Å². The third-order valence-corrected chi connectivity index (χ3v) is 3.15. The van der Waals surface area contributed by atoms with E-state index in [-0.39, 0.29) is 12.4 Å². The maximum Gasteiger partial charge on any atom is 0.142 e. The van der Waals surface area contributed by atoms with Crippen LogP contribution in [0.15, 0.2) is 23.2 Å². The lowest BCUT2D eigenvalue weighted by Crippen LogP contribution is -2.44. The van der Waals surface area contributed by atoms with Gasteiger partial charge in [0.1, 0.15) is 5.82 Å². The van der Waals surface area contributed by atoms with Crippen LogP contribution in [-0.2, 0) is 0 Å². The molecule has 0 atom stereocenters. The normalized spacial score (nSPS) is 15.9. The van der Waals surface area contributed by atoms with E-state index < -0.39 is 0 Å². The van der Waals surface area contributed by atoms with E-state index in [1.807, 2.05) is 12.3 Å². The minimum Gasteiger partial charge on any atom is -0.353 e. The number of hydrogen-bond acceptors (Lipinski definition) is 4. The predicted molar refractivity (Wildman–Crippen MR) is 68.3 cm³/mol. The summed E-state index contributed by atoms with van der Waals surface area (Å²) in [5.41, 5.74) is 0. The fourth-order valence-electron chi connectivity index (χ4n) is 1.66. The van der Waals surface area contributed by atoms with Gasteiger partial charge in [-0.25, -0.2) is 4.98 Å². The first-order valence-corrected chi connectivity index (χ1v) is 6.09. The maximum absolute atomic E-state index is 4.45. The van der Waals surface area contributed by atoms with Gasteiger partial charge in [-0.3, -0.25) is 0 Å². The predicted octanol–water partition coefficient (Wildman–Crippen LogP) is 1.63. The Morgan fingerprint density at radius 3 is 2.80 bits per heavy atom. The average molecular weight is 246 g/mol. The highest BCUT2D eigenvalue weighted by molar-refractivity contribution is 7.98. The Labute approximate surface area is 101 Å².